The number of ether oxygens (including phenoxy) is 1. The van der Waals surface area contributed by atoms with E-state index in [4.69, 9.17) is 12.6 Å². The molecule has 0 saturated carbocycles. The zero-order valence-electron chi connectivity index (χ0n) is 7.79. The zero-order chi connectivity index (χ0) is 9.07. The molecular weight excluding hydrogens is 139 g/mol. The van der Waals surface area contributed by atoms with Gasteiger partial charge >= 0.3 is 0 Å². The Morgan fingerprint density at radius 1 is 1.45 bits per heavy atom. The minimum absolute atomic E-state index is 0.00926. The SMILES string of the molecule is [B]C(C)OC(C)CC(C)(C)O. The van der Waals surface area contributed by atoms with E-state index in [9.17, 15) is 5.11 Å². The Kier molecular flexibility index (Phi) is 4.12. The van der Waals surface area contributed by atoms with Crippen molar-refractivity contribution in [3.8, 4) is 0 Å². The first kappa shape index (κ1) is 11.0. The van der Waals surface area contributed by atoms with E-state index in [0.717, 1.165) is 0 Å². The van der Waals surface area contributed by atoms with Crippen LogP contribution in [0, 0.1) is 0 Å². The predicted molar refractivity (Wildman–Crippen MR) is 46.7 cm³/mol. The van der Waals surface area contributed by atoms with Gasteiger partial charge in [-0.1, -0.05) is 0 Å². The fraction of sp³-hybridized carbons (Fsp3) is 1.00. The highest BCUT2D eigenvalue weighted by Gasteiger charge is 2.17. The summed E-state index contributed by atoms with van der Waals surface area (Å²) in [6.07, 6.45) is 0.615. The fourth-order valence-corrected chi connectivity index (χ4v) is 1.12. The monoisotopic (exact) mass is 156 g/mol. The molecule has 1 N–H and O–H groups in total. The van der Waals surface area contributed by atoms with Crippen molar-refractivity contribution in [2.75, 3.05) is 0 Å². The molecule has 0 heterocycles. The molecule has 0 aliphatic carbocycles. The second kappa shape index (κ2) is 4.12. The third-order valence-corrected chi connectivity index (χ3v) is 1.23. The van der Waals surface area contributed by atoms with Gasteiger partial charge in [0, 0.05) is 12.4 Å². The van der Waals surface area contributed by atoms with E-state index in [1.165, 1.54) is 0 Å². The van der Waals surface area contributed by atoms with Gasteiger partial charge in [0.05, 0.1) is 11.7 Å². The zero-order valence-corrected chi connectivity index (χ0v) is 7.79. The lowest BCUT2D eigenvalue weighted by Crippen LogP contribution is -2.28. The molecule has 0 aliphatic heterocycles. The van der Waals surface area contributed by atoms with Crippen LogP contribution in [0.5, 0.6) is 0 Å². The Balaban J connectivity index is 3.61. The third-order valence-electron chi connectivity index (χ3n) is 1.23. The van der Waals surface area contributed by atoms with Crippen molar-refractivity contribution in [2.45, 2.75) is 51.8 Å². The molecule has 0 bridgehead atoms. The molecule has 2 unspecified atom stereocenters. The molecule has 0 aromatic carbocycles. The van der Waals surface area contributed by atoms with Crippen molar-refractivity contribution in [1.82, 2.24) is 0 Å². The number of hydrogen-bond donors (Lipinski definition) is 1. The van der Waals surface area contributed by atoms with Gasteiger partial charge in [0.15, 0.2) is 0 Å². The quantitative estimate of drug-likeness (QED) is 0.616. The number of rotatable bonds is 4. The van der Waals surface area contributed by atoms with Gasteiger partial charge in [-0.15, -0.1) is 0 Å². The minimum Gasteiger partial charge on any atom is -0.390 e. The molecule has 3 heteroatoms. The lowest BCUT2D eigenvalue weighted by molar-refractivity contribution is -0.0190. The highest BCUT2D eigenvalue weighted by molar-refractivity contribution is 6.10. The van der Waals surface area contributed by atoms with E-state index in [1.807, 2.05) is 6.92 Å². The van der Waals surface area contributed by atoms with E-state index >= 15 is 0 Å². The number of aliphatic hydroxyl groups is 1. The normalized spacial score (nSPS) is 17.9. The van der Waals surface area contributed by atoms with E-state index < -0.39 is 5.60 Å². The van der Waals surface area contributed by atoms with Gasteiger partial charge in [0.1, 0.15) is 7.85 Å². The van der Waals surface area contributed by atoms with Crippen LogP contribution in [-0.4, -0.2) is 30.7 Å². The highest BCUT2D eigenvalue weighted by Crippen LogP contribution is 2.13. The lowest BCUT2D eigenvalue weighted by Gasteiger charge is -2.23. The third kappa shape index (κ3) is 7.89. The Hall–Kier alpha value is -0.0151. The first-order valence-corrected chi connectivity index (χ1v) is 3.94. The van der Waals surface area contributed by atoms with Gasteiger partial charge in [0.25, 0.3) is 0 Å². The second-order valence-corrected chi connectivity index (χ2v) is 3.67. The van der Waals surface area contributed by atoms with Crippen LogP contribution >= 0.6 is 0 Å². The summed E-state index contributed by atoms with van der Waals surface area (Å²) in [6.45, 7) is 7.20. The number of hydrogen-bond acceptors (Lipinski definition) is 2. The van der Waals surface area contributed by atoms with Crippen LogP contribution in [0.3, 0.4) is 0 Å². The topological polar surface area (TPSA) is 29.5 Å². The van der Waals surface area contributed by atoms with Gasteiger partial charge in [-0.3, -0.25) is 0 Å². The van der Waals surface area contributed by atoms with E-state index in [1.54, 1.807) is 20.8 Å². The van der Waals surface area contributed by atoms with Crippen LogP contribution in [0.4, 0.5) is 0 Å². The lowest BCUT2D eigenvalue weighted by atomic mass is 9.99. The molecule has 0 spiro atoms. The molecule has 0 amide bonds. The summed E-state index contributed by atoms with van der Waals surface area (Å²) in [6, 6.07) is -0.257. The Morgan fingerprint density at radius 2 is 1.91 bits per heavy atom. The first-order valence-electron chi connectivity index (χ1n) is 3.94. The smallest absolute Gasteiger partial charge is 0.108 e. The summed E-state index contributed by atoms with van der Waals surface area (Å²) in [5.74, 6) is 0. The first-order chi connectivity index (χ1) is 4.81. The molecule has 2 radical (unpaired) electrons. The highest BCUT2D eigenvalue weighted by atomic mass is 16.5. The Morgan fingerprint density at radius 3 is 2.18 bits per heavy atom. The predicted octanol–water partition coefficient (Wildman–Crippen LogP) is 1.07. The van der Waals surface area contributed by atoms with E-state index in [0.29, 0.717) is 6.42 Å². The van der Waals surface area contributed by atoms with Crippen molar-refractivity contribution in [1.29, 1.82) is 0 Å². The van der Waals surface area contributed by atoms with Crippen LogP contribution in [0.15, 0.2) is 0 Å². The summed E-state index contributed by atoms with van der Waals surface area (Å²) < 4.78 is 5.24. The molecule has 0 aromatic heterocycles. The van der Waals surface area contributed by atoms with Gasteiger partial charge in [-0.05, 0) is 27.7 Å². The summed E-state index contributed by atoms with van der Waals surface area (Å²) >= 11 is 0. The summed E-state index contributed by atoms with van der Waals surface area (Å²) in [5.41, 5.74) is -0.672. The second-order valence-electron chi connectivity index (χ2n) is 3.67. The standard InChI is InChI=1S/C8H17BO2/c1-6(11-7(2)9)5-8(3,4)10/h6-7,10H,5H2,1-4H3. The van der Waals surface area contributed by atoms with Gasteiger partial charge in [-0.25, -0.2) is 0 Å². The molecule has 0 rings (SSSR count). The largest absolute Gasteiger partial charge is 0.390 e. The molecule has 2 nitrogen and oxygen atoms in total. The average molecular weight is 156 g/mol. The maximum atomic E-state index is 9.38. The maximum absolute atomic E-state index is 9.38. The van der Waals surface area contributed by atoms with Crippen molar-refractivity contribution in [3.63, 3.8) is 0 Å². The van der Waals surface area contributed by atoms with Gasteiger partial charge in [-0.2, -0.15) is 0 Å². The van der Waals surface area contributed by atoms with Gasteiger partial charge in [0.2, 0.25) is 0 Å². The molecule has 11 heavy (non-hydrogen) atoms. The van der Waals surface area contributed by atoms with Crippen molar-refractivity contribution in [3.05, 3.63) is 0 Å². The van der Waals surface area contributed by atoms with Crippen LogP contribution in [-0.2, 0) is 4.74 Å². The Bertz CT molecular complexity index is 107. The summed E-state index contributed by atoms with van der Waals surface area (Å²) in [5, 5.41) is 9.38. The maximum Gasteiger partial charge on any atom is 0.108 e. The van der Waals surface area contributed by atoms with Crippen LogP contribution in [0.25, 0.3) is 0 Å². The van der Waals surface area contributed by atoms with E-state index in [2.05, 4.69) is 0 Å². The van der Waals surface area contributed by atoms with Gasteiger partial charge < -0.3 is 9.84 Å². The molecule has 64 valence electrons. The van der Waals surface area contributed by atoms with Crippen LogP contribution < -0.4 is 0 Å². The molecular formula is C8H17BO2. The molecule has 0 aromatic rings. The molecule has 0 saturated heterocycles. The van der Waals surface area contributed by atoms with Crippen LogP contribution in [0.2, 0.25) is 0 Å². The minimum atomic E-state index is -0.672. The molecule has 0 fully saturated rings. The Labute approximate surface area is 70.4 Å². The molecule has 2 atom stereocenters. The van der Waals surface area contributed by atoms with Crippen molar-refractivity contribution < 1.29 is 9.84 Å². The van der Waals surface area contributed by atoms with E-state index in [-0.39, 0.29) is 12.1 Å². The molecule has 0 aliphatic rings. The summed E-state index contributed by atoms with van der Waals surface area (Å²) in [7, 11) is 5.41. The summed E-state index contributed by atoms with van der Waals surface area (Å²) in [4.78, 5) is 0. The average Bonchev–Trinajstić information content (AvgIpc) is 1.53. The van der Waals surface area contributed by atoms with Crippen molar-refractivity contribution in [2.24, 2.45) is 0 Å². The van der Waals surface area contributed by atoms with Crippen LogP contribution in [0.1, 0.15) is 34.1 Å². The fourth-order valence-electron chi connectivity index (χ4n) is 1.12. The van der Waals surface area contributed by atoms with Crippen molar-refractivity contribution >= 4 is 7.85 Å².